The van der Waals surface area contributed by atoms with Gasteiger partial charge in [0.05, 0.1) is 11.4 Å². The zero-order valence-corrected chi connectivity index (χ0v) is 10.2. The molecule has 0 spiro atoms. The Labute approximate surface area is 106 Å². The van der Waals surface area contributed by atoms with Crippen LogP contribution in [0.3, 0.4) is 0 Å². The minimum Gasteiger partial charge on any atom is -0.334 e. The minimum absolute atomic E-state index is 0.227. The number of anilines is 1. The summed E-state index contributed by atoms with van der Waals surface area (Å²) in [7, 11) is 0. The highest BCUT2D eigenvalue weighted by molar-refractivity contribution is 5.89. The molecule has 4 heteroatoms. The number of hydrogen-bond donors (Lipinski definition) is 2. The van der Waals surface area contributed by atoms with E-state index in [1.807, 2.05) is 43.3 Å². The monoisotopic (exact) mass is 241 g/mol. The first kappa shape index (κ1) is 12.1. The minimum atomic E-state index is -0.227. The van der Waals surface area contributed by atoms with E-state index in [0.717, 1.165) is 16.9 Å². The first-order chi connectivity index (χ1) is 8.75. The molecular weight excluding hydrogens is 226 g/mol. The van der Waals surface area contributed by atoms with E-state index in [1.165, 1.54) is 0 Å². The van der Waals surface area contributed by atoms with Crippen molar-refractivity contribution >= 4 is 11.7 Å². The van der Waals surface area contributed by atoms with Crippen LogP contribution in [0.5, 0.6) is 0 Å². The number of rotatable bonds is 3. The molecule has 2 rings (SSSR count). The highest BCUT2D eigenvalue weighted by Gasteiger charge is 2.03. The Morgan fingerprint density at radius 3 is 2.67 bits per heavy atom. The van der Waals surface area contributed by atoms with Gasteiger partial charge in [0.25, 0.3) is 0 Å². The molecule has 2 aromatic rings. The quantitative estimate of drug-likeness (QED) is 0.868. The summed E-state index contributed by atoms with van der Waals surface area (Å²) in [5.74, 6) is 0. The molecule has 0 fully saturated rings. The molecule has 1 aromatic heterocycles. The molecule has 0 radical (unpaired) electrons. The molecule has 4 nitrogen and oxygen atoms in total. The Balaban J connectivity index is 1.88. The Hall–Kier alpha value is -2.36. The van der Waals surface area contributed by atoms with Crippen molar-refractivity contribution in [2.75, 3.05) is 5.32 Å². The lowest BCUT2D eigenvalue weighted by molar-refractivity contribution is 0.251. The van der Waals surface area contributed by atoms with Gasteiger partial charge in [-0.3, -0.25) is 4.98 Å². The van der Waals surface area contributed by atoms with Crippen molar-refractivity contribution in [3.8, 4) is 0 Å². The average Bonchev–Trinajstić information content (AvgIpc) is 2.40. The zero-order chi connectivity index (χ0) is 12.8. The van der Waals surface area contributed by atoms with Gasteiger partial charge in [-0.2, -0.15) is 0 Å². The van der Waals surface area contributed by atoms with Crippen LogP contribution in [0.4, 0.5) is 10.5 Å². The largest absolute Gasteiger partial charge is 0.334 e. The van der Waals surface area contributed by atoms with Crippen molar-refractivity contribution in [2.24, 2.45) is 0 Å². The van der Waals surface area contributed by atoms with Crippen molar-refractivity contribution in [1.82, 2.24) is 10.3 Å². The van der Waals surface area contributed by atoms with E-state index in [4.69, 9.17) is 0 Å². The predicted octanol–water partition coefficient (Wildman–Crippen LogP) is 2.71. The summed E-state index contributed by atoms with van der Waals surface area (Å²) < 4.78 is 0. The number of nitrogens with one attached hydrogen (secondary N) is 2. The number of aryl methyl sites for hydroxylation is 1. The second kappa shape index (κ2) is 5.82. The molecule has 0 aliphatic carbocycles. The summed E-state index contributed by atoms with van der Waals surface area (Å²) in [6.07, 6.45) is 1.70. The van der Waals surface area contributed by atoms with Crippen molar-refractivity contribution in [3.05, 3.63) is 59.9 Å². The van der Waals surface area contributed by atoms with Crippen molar-refractivity contribution in [2.45, 2.75) is 13.5 Å². The van der Waals surface area contributed by atoms with E-state index < -0.39 is 0 Å². The number of aromatic nitrogens is 1. The third kappa shape index (κ3) is 3.31. The molecule has 0 atom stereocenters. The topological polar surface area (TPSA) is 54.0 Å². The van der Waals surface area contributed by atoms with Gasteiger partial charge in [-0.15, -0.1) is 0 Å². The maximum atomic E-state index is 11.7. The van der Waals surface area contributed by atoms with E-state index in [0.29, 0.717) is 6.54 Å². The second-order valence-electron chi connectivity index (χ2n) is 3.93. The number of pyridine rings is 1. The highest BCUT2D eigenvalue weighted by atomic mass is 16.2. The van der Waals surface area contributed by atoms with E-state index >= 15 is 0 Å². The lowest BCUT2D eigenvalue weighted by atomic mass is 10.2. The number of carbonyl (C=O) groups excluding carboxylic acids is 1. The third-order valence-electron chi connectivity index (χ3n) is 2.55. The number of amides is 2. The van der Waals surface area contributed by atoms with Gasteiger partial charge in [0.15, 0.2) is 0 Å². The van der Waals surface area contributed by atoms with Gasteiger partial charge in [-0.05, 0) is 24.6 Å². The highest BCUT2D eigenvalue weighted by Crippen LogP contribution is 2.09. The smallest absolute Gasteiger partial charge is 0.319 e. The van der Waals surface area contributed by atoms with Gasteiger partial charge in [-0.25, -0.2) is 4.79 Å². The number of hydrogen-bond acceptors (Lipinski definition) is 2. The molecule has 92 valence electrons. The predicted molar refractivity (Wildman–Crippen MR) is 71.3 cm³/mol. The molecule has 1 heterocycles. The van der Waals surface area contributed by atoms with Crippen LogP contribution < -0.4 is 10.6 Å². The molecule has 0 aliphatic rings. The van der Waals surface area contributed by atoms with Crippen LogP contribution in [0.15, 0.2) is 48.7 Å². The van der Waals surface area contributed by atoms with Crippen LogP contribution in [0.1, 0.15) is 11.3 Å². The van der Waals surface area contributed by atoms with Gasteiger partial charge < -0.3 is 10.6 Å². The summed E-state index contributed by atoms with van der Waals surface area (Å²) in [5, 5.41) is 5.56. The van der Waals surface area contributed by atoms with Gasteiger partial charge in [-0.1, -0.05) is 30.3 Å². The summed E-state index contributed by atoms with van der Waals surface area (Å²) in [6, 6.07) is 13.2. The van der Waals surface area contributed by atoms with E-state index in [9.17, 15) is 4.79 Å². The molecule has 0 bridgehead atoms. The van der Waals surface area contributed by atoms with Gasteiger partial charge in [0.2, 0.25) is 0 Å². The first-order valence-electron chi connectivity index (χ1n) is 5.76. The fourth-order valence-corrected chi connectivity index (χ4v) is 1.56. The van der Waals surface area contributed by atoms with Crippen molar-refractivity contribution in [3.63, 3.8) is 0 Å². The molecule has 18 heavy (non-hydrogen) atoms. The van der Waals surface area contributed by atoms with E-state index in [-0.39, 0.29) is 6.03 Å². The molecule has 0 unspecified atom stereocenters. The number of benzene rings is 1. The molecule has 0 aliphatic heterocycles. The third-order valence-corrected chi connectivity index (χ3v) is 2.55. The van der Waals surface area contributed by atoms with E-state index in [2.05, 4.69) is 15.6 Å². The van der Waals surface area contributed by atoms with Crippen LogP contribution in [0.25, 0.3) is 0 Å². The molecule has 1 aromatic carbocycles. The summed E-state index contributed by atoms with van der Waals surface area (Å²) in [6.45, 7) is 2.36. The fourth-order valence-electron chi connectivity index (χ4n) is 1.56. The normalized spacial score (nSPS) is 9.83. The van der Waals surface area contributed by atoms with Gasteiger partial charge in [0, 0.05) is 12.7 Å². The average molecular weight is 241 g/mol. The maximum absolute atomic E-state index is 11.7. The summed E-state index contributed by atoms with van der Waals surface area (Å²) in [4.78, 5) is 15.8. The fraction of sp³-hybridized carbons (Fsp3) is 0.143. The Bertz CT molecular complexity index is 526. The lowest BCUT2D eigenvalue weighted by Gasteiger charge is -2.09. The Morgan fingerprint density at radius 2 is 1.94 bits per heavy atom. The lowest BCUT2D eigenvalue weighted by Crippen LogP contribution is -2.28. The van der Waals surface area contributed by atoms with Crippen LogP contribution in [-0.2, 0) is 6.54 Å². The molecule has 0 saturated carbocycles. The van der Waals surface area contributed by atoms with Crippen molar-refractivity contribution in [1.29, 1.82) is 0 Å². The molecule has 2 amide bonds. The number of urea groups is 1. The zero-order valence-electron chi connectivity index (χ0n) is 10.2. The maximum Gasteiger partial charge on any atom is 0.319 e. The Morgan fingerprint density at radius 1 is 1.17 bits per heavy atom. The van der Waals surface area contributed by atoms with E-state index in [1.54, 1.807) is 12.3 Å². The molecular formula is C14H15N3O. The second-order valence-corrected chi connectivity index (χ2v) is 3.93. The SMILES string of the molecule is Cc1ncccc1NC(=O)NCc1ccccc1. The van der Waals surface area contributed by atoms with Gasteiger partial charge >= 0.3 is 6.03 Å². The standard InChI is InChI=1S/C14H15N3O/c1-11-13(8-5-9-15-11)17-14(18)16-10-12-6-3-2-4-7-12/h2-9H,10H2,1H3,(H2,16,17,18). The van der Waals surface area contributed by atoms with Crippen LogP contribution in [-0.4, -0.2) is 11.0 Å². The van der Waals surface area contributed by atoms with Crippen LogP contribution in [0.2, 0.25) is 0 Å². The number of carbonyl (C=O) groups is 1. The van der Waals surface area contributed by atoms with Crippen molar-refractivity contribution < 1.29 is 4.79 Å². The van der Waals surface area contributed by atoms with Crippen LogP contribution in [0, 0.1) is 6.92 Å². The molecule has 2 N–H and O–H groups in total. The van der Waals surface area contributed by atoms with Crippen LogP contribution >= 0.6 is 0 Å². The Kier molecular flexibility index (Phi) is 3.91. The summed E-state index contributed by atoms with van der Waals surface area (Å²) >= 11 is 0. The number of nitrogens with zero attached hydrogens (tertiary/aromatic N) is 1. The van der Waals surface area contributed by atoms with Gasteiger partial charge in [0.1, 0.15) is 0 Å². The molecule has 0 saturated heterocycles. The first-order valence-corrected chi connectivity index (χ1v) is 5.76. The summed E-state index contributed by atoms with van der Waals surface area (Å²) in [5.41, 5.74) is 2.59.